The molecule has 0 bridgehead atoms. The maximum Gasteiger partial charge on any atom is 0.118 e. The Balaban J connectivity index is 2.95. The lowest BCUT2D eigenvalue weighted by atomic mass is 10.1. The standard InChI is InChI=1S/C8H15FO/c1-2-8(9)6-4-3-5-7-10/h2,8,10H,1,3-7H2/t8-/m0/s1. The van der Waals surface area contributed by atoms with E-state index in [2.05, 4.69) is 6.58 Å². The molecule has 0 aliphatic heterocycles. The Kier molecular flexibility index (Phi) is 6.50. The van der Waals surface area contributed by atoms with Crippen molar-refractivity contribution in [2.24, 2.45) is 0 Å². The molecule has 0 aromatic carbocycles. The lowest BCUT2D eigenvalue weighted by molar-refractivity contribution is 0.278. The summed E-state index contributed by atoms with van der Waals surface area (Å²) in [5, 5.41) is 8.37. The van der Waals surface area contributed by atoms with Crippen LogP contribution in [0.3, 0.4) is 0 Å². The van der Waals surface area contributed by atoms with E-state index < -0.39 is 6.17 Å². The second-order valence-electron chi connectivity index (χ2n) is 2.32. The van der Waals surface area contributed by atoms with Gasteiger partial charge in [0.15, 0.2) is 0 Å². The molecule has 1 atom stereocenters. The highest BCUT2D eigenvalue weighted by molar-refractivity contribution is 4.77. The molecule has 0 spiro atoms. The van der Waals surface area contributed by atoms with Gasteiger partial charge in [0, 0.05) is 6.61 Å². The predicted molar refractivity (Wildman–Crippen MR) is 40.6 cm³/mol. The van der Waals surface area contributed by atoms with E-state index in [-0.39, 0.29) is 6.61 Å². The van der Waals surface area contributed by atoms with Gasteiger partial charge < -0.3 is 5.11 Å². The molecule has 0 unspecified atom stereocenters. The maximum atomic E-state index is 12.4. The summed E-state index contributed by atoms with van der Waals surface area (Å²) in [6.45, 7) is 3.55. The highest BCUT2D eigenvalue weighted by atomic mass is 19.1. The Morgan fingerprint density at radius 3 is 2.60 bits per heavy atom. The highest BCUT2D eigenvalue weighted by Crippen LogP contribution is 2.06. The van der Waals surface area contributed by atoms with Crippen LogP contribution in [0.25, 0.3) is 0 Å². The molecule has 0 saturated heterocycles. The fourth-order valence-electron chi connectivity index (χ4n) is 0.746. The number of rotatable bonds is 6. The van der Waals surface area contributed by atoms with Gasteiger partial charge in [-0.2, -0.15) is 0 Å². The van der Waals surface area contributed by atoms with Crippen molar-refractivity contribution in [3.05, 3.63) is 12.7 Å². The van der Waals surface area contributed by atoms with Gasteiger partial charge in [0.05, 0.1) is 0 Å². The van der Waals surface area contributed by atoms with Crippen LogP contribution in [0.15, 0.2) is 12.7 Å². The lowest BCUT2D eigenvalue weighted by Crippen LogP contribution is -1.94. The lowest BCUT2D eigenvalue weighted by Gasteiger charge is -2.00. The zero-order chi connectivity index (χ0) is 7.82. The molecule has 0 saturated carbocycles. The zero-order valence-corrected chi connectivity index (χ0v) is 6.22. The molecule has 2 heteroatoms. The topological polar surface area (TPSA) is 20.2 Å². The molecule has 0 fully saturated rings. The number of allylic oxidation sites excluding steroid dienone is 1. The number of aliphatic hydroxyl groups is 1. The summed E-state index contributed by atoms with van der Waals surface area (Å²) in [6, 6.07) is 0. The minimum absolute atomic E-state index is 0.213. The minimum Gasteiger partial charge on any atom is -0.396 e. The van der Waals surface area contributed by atoms with Gasteiger partial charge in [-0.05, 0) is 12.8 Å². The Morgan fingerprint density at radius 1 is 1.40 bits per heavy atom. The third-order valence-electron chi connectivity index (χ3n) is 1.39. The first-order valence-electron chi connectivity index (χ1n) is 3.68. The van der Waals surface area contributed by atoms with Gasteiger partial charge in [0.25, 0.3) is 0 Å². The van der Waals surface area contributed by atoms with Crippen LogP contribution in [-0.4, -0.2) is 17.9 Å². The fraction of sp³-hybridized carbons (Fsp3) is 0.750. The summed E-state index contributed by atoms with van der Waals surface area (Å²) in [5.41, 5.74) is 0. The van der Waals surface area contributed by atoms with Crippen molar-refractivity contribution in [2.45, 2.75) is 31.9 Å². The fourth-order valence-corrected chi connectivity index (χ4v) is 0.746. The van der Waals surface area contributed by atoms with Crippen LogP contribution in [0.2, 0.25) is 0 Å². The van der Waals surface area contributed by atoms with Gasteiger partial charge >= 0.3 is 0 Å². The summed E-state index contributed by atoms with van der Waals surface area (Å²) < 4.78 is 12.4. The van der Waals surface area contributed by atoms with Gasteiger partial charge in [0.2, 0.25) is 0 Å². The van der Waals surface area contributed by atoms with E-state index in [1.165, 1.54) is 6.08 Å². The van der Waals surface area contributed by atoms with E-state index in [0.717, 1.165) is 19.3 Å². The summed E-state index contributed by atoms with van der Waals surface area (Å²) in [5.74, 6) is 0. The molecular weight excluding hydrogens is 131 g/mol. The Morgan fingerprint density at radius 2 is 2.10 bits per heavy atom. The van der Waals surface area contributed by atoms with E-state index in [9.17, 15) is 4.39 Å². The quantitative estimate of drug-likeness (QED) is 0.449. The number of unbranched alkanes of at least 4 members (excludes halogenated alkanes) is 2. The van der Waals surface area contributed by atoms with Crippen molar-refractivity contribution in [2.75, 3.05) is 6.61 Å². The number of alkyl halides is 1. The summed E-state index contributed by atoms with van der Waals surface area (Å²) in [7, 11) is 0. The number of aliphatic hydroxyl groups excluding tert-OH is 1. The van der Waals surface area contributed by atoms with E-state index >= 15 is 0 Å². The Hall–Kier alpha value is -0.370. The summed E-state index contributed by atoms with van der Waals surface area (Å²) in [4.78, 5) is 0. The van der Waals surface area contributed by atoms with Gasteiger partial charge in [-0.3, -0.25) is 0 Å². The second-order valence-corrected chi connectivity index (χ2v) is 2.32. The molecule has 0 amide bonds. The average Bonchev–Trinajstić information content (AvgIpc) is 1.98. The monoisotopic (exact) mass is 146 g/mol. The van der Waals surface area contributed by atoms with E-state index in [4.69, 9.17) is 5.11 Å². The van der Waals surface area contributed by atoms with Crippen LogP contribution in [0, 0.1) is 0 Å². The smallest absolute Gasteiger partial charge is 0.118 e. The molecular formula is C8H15FO. The third-order valence-corrected chi connectivity index (χ3v) is 1.39. The van der Waals surface area contributed by atoms with Crippen molar-refractivity contribution in [3.8, 4) is 0 Å². The molecule has 0 aliphatic rings. The van der Waals surface area contributed by atoms with Crippen molar-refractivity contribution in [1.82, 2.24) is 0 Å². The van der Waals surface area contributed by atoms with E-state index in [0.29, 0.717) is 6.42 Å². The zero-order valence-electron chi connectivity index (χ0n) is 6.22. The van der Waals surface area contributed by atoms with Gasteiger partial charge in [0.1, 0.15) is 6.17 Å². The van der Waals surface area contributed by atoms with Crippen molar-refractivity contribution in [1.29, 1.82) is 0 Å². The summed E-state index contributed by atoms with van der Waals surface area (Å²) >= 11 is 0. The Labute approximate surface area is 61.6 Å². The maximum absolute atomic E-state index is 12.4. The van der Waals surface area contributed by atoms with Crippen LogP contribution < -0.4 is 0 Å². The second kappa shape index (κ2) is 6.75. The van der Waals surface area contributed by atoms with Crippen LogP contribution in [0.1, 0.15) is 25.7 Å². The molecule has 0 aromatic rings. The minimum atomic E-state index is -0.862. The first kappa shape index (κ1) is 9.63. The van der Waals surface area contributed by atoms with Gasteiger partial charge in [-0.15, -0.1) is 6.58 Å². The third kappa shape index (κ3) is 5.76. The number of halogens is 1. The summed E-state index contributed by atoms with van der Waals surface area (Å²) in [6.07, 6.45) is 3.53. The molecule has 0 heterocycles. The number of hydrogen-bond donors (Lipinski definition) is 1. The van der Waals surface area contributed by atoms with Crippen LogP contribution in [0.4, 0.5) is 4.39 Å². The van der Waals surface area contributed by atoms with Crippen LogP contribution >= 0.6 is 0 Å². The SMILES string of the molecule is C=C[C@H](F)CCCCCO. The molecule has 10 heavy (non-hydrogen) atoms. The Bertz CT molecular complexity index is 83.3. The van der Waals surface area contributed by atoms with Gasteiger partial charge in [-0.25, -0.2) is 4.39 Å². The predicted octanol–water partition coefficient (Wildman–Crippen LogP) is 2.06. The molecule has 60 valence electrons. The number of hydrogen-bond acceptors (Lipinski definition) is 1. The molecule has 0 aromatic heterocycles. The molecule has 1 N–H and O–H groups in total. The average molecular weight is 146 g/mol. The normalized spacial score (nSPS) is 13.0. The molecule has 0 aliphatic carbocycles. The highest BCUT2D eigenvalue weighted by Gasteiger charge is 1.98. The molecule has 0 radical (unpaired) electrons. The first-order valence-corrected chi connectivity index (χ1v) is 3.68. The molecule has 0 rings (SSSR count). The van der Waals surface area contributed by atoms with E-state index in [1.54, 1.807) is 0 Å². The van der Waals surface area contributed by atoms with Crippen molar-refractivity contribution >= 4 is 0 Å². The van der Waals surface area contributed by atoms with Crippen LogP contribution in [-0.2, 0) is 0 Å². The van der Waals surface area contributed by atoms with Gasteiger partial charge in [-0.1, -0.05) is 18.9 Å². The van der Waals surface area contributed by atoms with Crippen molar-refractivity contribution in [3.63, 3.8) is 0 Å². The van der Waals surface area contributed by atoms with E-state index in [1.807, 2.05) is 0 Å². The largest absolute Gasteiger partial charge is 0.396 e. The van der Waals surface area contributed by atoms with Crippen LogP contribution in [0.5, 0.6) is 0 Å². The first-order chi connectivity index (χ1) is 4.81. The van der Waals surface area contributed by atoms with Crippen molar-refractivity contribution < 1.29 is 9.50 Å². The molecule has 1 nitrogen and oxygen atoms in total.